The highest BCUT2D eigenvalue weighted by Gasteiger charge is 2.30. The summed E-state index contributed by atoms with van der Waals surface area (Å²) in [6.07, 6.45) is 12.4. The molecule has 5 rings (SSSR count). The molecule has 2 amide bonds. The number of aromatic nitrogens is 2. The predicted octanol–water partition coefficient (Wildman–Crippen LogP) is 5.06. The molecule has 41 heavy (non-hydrogen) atoms. The van der Waals surface area contributed by atoms with Crippen LogP contribution in [0.2, 0.25) is 0 Å². The van der Waals surface area contributed by atoms with Crippen LogP contribution in [0.3, 0.4) is 0 Å². The van der Waals surface area contributed by atoms with Crippen LogP contribution in [-0.4, -0.2) is 84.4 Å². The molecular formula is C32H47N5O4. The molecule has 0 spiro atoms. The third-order valence-electron chi connectivity index (χ3n) is 9.34. The molecule has 1 saturated heterocycles. The summed E-state index contributed by atoms with van der Waals surface area (Å²) in [5, 5.41) is 8.10. The molecule has 3 fully saturated rings. The minimum absolute atomic E-state index is 0.106. The number of hydrogen-bond acceptors (Lipinski definition) is 6. The van der Waals surface area contributed by atoms with Gasteiger partial charge in [-0.15, -0.1) is 0 Å². The molecule has 1 unspecified atom stereocenters. The number of carbonyl (C=O) groups is 2. The van der Waals surface area contributed by atoms with Crippen LogP contribution in [0, 0.1) is 0 Å². The smallest absolute Gasteiger partial charge is 0.272 e. The highest BCUT2D eigenvalue weighted by Crippen LogP contribution is 2.41. The van der Waals surface area contributed by atoms with Crippen molar-refractivity contribution in [2.45, 2.75) is 95.2 Å². The Labute approximate surface area is 244 Å². The van der Waals surface area contributed by atoms with Crippen molar-refractivity contribution in [2.24, 2.45) is 0 Å². The van der Waals surface area contributed by atoms with Crippen LogP contribution in [0.25, 0.3) is 11.3 Å². The van der Waals surface area contributed by atoms with Gasteiger partial charge in [-0.1, -0.05) is 25.3 Å². The molecule has 9 nitrogen and oxygen atoms in total. The molecular weight excluding hydrogens is 518 g/mol. The van der Waals surface area contributed by atoms with Crippen molar-refractivity contribution in [1.82, 2.24) is 24.9 Å². The number of rotatable bonds is 12. The summed E-state index contributed by atoms with van der Waals surface area (Å²) in [6.45, 7) is 3.06. The number of likely N-dealkylation sites (tertiary alicyclic amines) is 1. The molecule has 2 saturated carbocycles. The van der Waals surface area contributed by atoms with E-state index >= 15 is 0 Å². The molecule has 9 heteroatoms. The maximum Gasteiger partial charge on any atom is 0.272 e. The van der Waals surface area contributed by atoms with Gasteiger partial charge in [-0.05, 0) is 82.7 Å². The summed E-state index contributed by atoms with van der Waals surface area (Å²) in [6, 6.07) is 7.87. The number of ether oxygens (including phenoxy) is 2. The Morgan fingerprint density at radius 2 is 1.68 bits per heavy atom. The third-order valence-corrected chi connectivity index (χ3v) is 9.34. The SMILES string of the molecule is COc1cccc(OC)c1-c1cc(C(=O)NC(CCN2CCCCC2)CC(=O)N(C)C2CCC2)nn1C1CCCC1. The van der Waals surface area contributed by atoms with Gasteiger partial charge in [0, 0.05) is 32.1 Å². The van der Waals surface area contributed by atoms with E-state index in [2.05, 4.69) is 10.2 Å². The Hall–Kier alpha value is -3.07. The maximum atomic E-state index is 13.8. The van der Waals surface area contributed by atoms with Crippen LogP contribution < -0.4 is 14.8 Å². The molecule has 1 N–H and O–H groups in total. The molecule has 0 bridgehead atoms. The lowest BCUT2D eigenvalue weighted by atomic mass is 9.91. The van der Waals surface area contributed by atoms with Gasteiger partial charge < -0.3 is 24.6 Å². The fourth-order valence-electron chi connectivity index (χ4n) is 6.56. The summed E-state index contributed by atoms with van der Waals surface area (Å²) in [5.74, 6) is 1.23. The van der Waals surface area contributed by atoms with E-state index in [0.717, 1.165) is 75.8 Å². The van der Waals surface area contributed by atoms with E-state index in [1.54, 1.807) is 14.2 Å². The molecule has 1 aromatic carbocycles. The summed E-state index contributed by atoms with van der Waals surface area (Å²) < 4.78 is 13.4. The lowest BCUT2D eigenvalue weighted by Crippen LogP contribution is -2.46. The summed E-state index contributed by atoms with van der Waals surface area (Å²) >= 11 is 0. The van der Waals surface area contributed by atoms with Crippen LogP contribution >= 0.6 is 0 Å². The zero-order chi connectivity index (χ0) is 28.8. The van der Waals surface area contributed by atoms with Gasteiger partial charge in [0.25, 0.3) is 5.91 Å². The lowest BCUT2D eigenvalue weighted by Gasteiger charge is -2.36. The number of nitrogens with one attached hydrogen (secondary N) is 1. The number of benzene rings is 1. The van der Waals surface area contributed by atoms with Crippen molar-refractivity contribution in [3.05, 3.63) is 30.0 Å². The summed E-state index contributed by atoms with van der Waals surface area (Å²) in [5.41, 5.74) is 1.99. The predicted molar refractivity (Wildman–Crippen MR) is 159 cm³/mol. The van der Waals surface area contributed by atoms with E-state index in [0.29, 0.717) is 29.7 Å². The minimum Gasteiger partial charge on any atom is -0.496 e. The zero-order valence-corrected chi connectivity index (χ0v) is 25.1. The van der Waals surface area contributed by atoms with E-state index in [-0.39, 0.29) is 23.9 Å². The molecule has 3 aliphatic rings. The molecule has 2 heterocycles. The van der Waals surface area contributed by atoms with Crippen LogP contribution in [0.4, 0.5) is 0 Å². The van der Waals surface area contributed by atoms with Gasteiger partial charge >= 0.3 is 0 Å². The van der Waals surface area contributed by atoms with E-state index in [9.17, 15) is 9.59 Å². The molecule has 1 atom stereocenters. The third kappa shape index (κ3) is 6.88. The van der Waals surface area contributed by atoms with Crippen LogP contribution in [0.1, 0.15) is 93.6 Å². The van der Waals surface area contributed by atoms with Crippen molar-refractivity contribution in [3.8, 4) is 22.8 Å². The van der Waals surface area contributed by atoms with Crippen molar-refractivity contribution >= 4 is 11.8 Å². The zero-order valence-electron chi connectivity index (χ0n) is 25.1. The summed E-state index contributed by atoms with van der Waals surface area (Å²) in [4.78, 5) is 31.4. The van der Waals surface area contributed by atoms with Gasteiger partial charge in [0.05, 0.1) is 31.5 Å². The monoisotopic (exact) mass is 565 g/mol. The molecule has 0 radical (unpaired) electrons. The van der Waals surface area contributed by atoms with Gasteiger partial charge in [-0.25, -0.2) is 0 Å². The normalized spacial score (nSPS) is 19.0. The second-order valence-corrected chi connectivity index (χ2v) is 12.0. The van der Waals surface area contributed by atoms with Gasteiger partial charge in [-0.3, -0.25) is 14.3 Å². The van der Waals surface area contributed by atoms with E-state index in [1.807, 2.05) is 40.9 Å². The second-order valence-electron chi connectivity index (χ2n) is 12.0. The Balaban J connectivity index is 1.39. The van der Waals surface area contributed by atoms with Crippen LogP contribution in [0.15, 0.2) is 24.3 Å². The molecule has 1 aliphatic heterocycles. The first kappa shape index (κ1) is 29.4. The van der Waals surface area contributed by atoms with Gasteiger partial charge in [0.1, 0.15) is 11.5 Å². The Bertz CT molecular complexity index is 1160. The van der Waals surface area contributed by atoms with E-state index in [1.165, 1.54) is 25.7 Å². The van der Waals surface area contributed by atoms with Crippen molar-refractivity contribution in [3.63, 3.8) is 0 Å². The highest BCUT2D eigenvalue weighted by molar-refractivity contribution is 5.94. The molecule has 1 aromatic heterocycles. The lowest BCUT2D eigenvalue weighted by molar-refractivity contribution is -0.134. The Morgan fingerprint density at radius 1 is 1.00 bits per heavy atom. The van der Waals surface area contributed by atoms with Crippen molar-refractivity contribution in [1.29, 1.82) is 0 Å². The summed E-state index contributed by atoms with van der Waals surface area (Å²) in [7, 11) is 5.20. The van der Waals surface area contributed by atoms with Crippen LogP contribution in [-0.2, 0) is 4.79 Å². The van der Waals surface area contributed by atoms with E-state index in [4.69, 9.17) is 14.6 Å². The largest absolute Gasteiger partial charge is 0.496 e. The first-order chi connectivity index (χ1) is 20.0. The number of methoxy groups -OCH3 is 2. The maximum absolute atomic E-state index is 13.8. The number of nitrogens with zero attached hydrogens (tertiary/aromatic N) is 4. The fourth-order valence-corrected chi connectivity index (χ4v) is 6.56. The Kier molecular flexibility index (Phi) is 9.85. The van der Waals surface area contributed by atoms with Crippen molar-refractivity contribution < 1.29 is 19.1 Å². The van der Waals surface area contributed by atoms with Gasteiger partial charge in [0.15, 0.2) is 5.69 Å². The van der Waals surface area contributed by atoms with Crippen molar-refractivity contribution in [2.75, 3.05) is 40.9 Å². The van der Waals surface area contributed by atoms with E-state index < -0.39 is 0 Å². The number of hydrogen-bond donors (Lipinski definition) is 1. The van der Waals surface area contributed by atoms with Gasteiger partial charge in [0.2, 0.25) is 5.91 Å². The average molecular weight is 566 g/mol. The molecule has 224 valence electrons. The first-order valence-corrected chi connectivity index (χ1v) is 15.6. The standard InChI is InChI=1S/C32H47N5O4/c1-35(24-13-9-14-24)30(38)21-23(17-20-36-18-7-4-8-19-36)33-32(39)26-22-27(37(34-26)25-11-5-6-12-25)31-28(40-2)15-10-16-29(31)41-3/h10,15-16,22-25H,4-9,11-14,17-21H2,1-3H3,(H,33,39). The number of piperidine rings is 1. The number of carbonyl (C=O) groups excluding carboxylic acids is 2. The first-order valence-electron chi connectivity index (χ1n) is 15.6. The molecule has 2 aromatic rings. The minimum atomic E-state index is -0.250. The Morgan fingerprint density at radius 3 is 2.29 bits per heavy atom. The quantitative estimate of drug-likeness (QED) is 0.387. The fraction of sp³-hybridized carbons (Fsp3) is 0.656. The molecule has 2 aliphatic carbocycles. The number of amides is 2. The van der Waals surface area contributed by atoms with Gasteiger partial charge in [-0.2, -0.15) is 5.10 Å². The average Bonchev–Trinajstić information content (AvgIpc) is 3.65. The second kappa shape index (κ2) is 13.7. The topological polar surface area (TPSA) is 88.9 Å². The van der Waals surface area contributed by atoms with Crippen LogP contribution in [0.5, 0.6) is 11.5 Å². The highest BCUT2D eigenvalue weighted by atomic mass is 16.5.